The van der Waals surface area contributed by atoms with Gasteiger partial charge in [-0.3, -0.25) is 9.78 Å². The Morgan fingerprint density at radius 3 is 2.71 bits per heavy atom. The zero-order valence-electron chi connectivity index (χ0n) is 11.1. The number of para-hydroxylation sites is 2. The van der Waals surface area contributed by atoms with Crippen molar-refractivity contribution in [2.45, 2.75) is 12.0 Å². The zero-order chi connectivity index (χ0) is 14.9. The van der Waals surface area contributed by atoms with Crippen molar-refractivity contribution < 1.29 is 19.4 Å². The summed E-state index contributed by atoms with van der Waals surface area (Å²) >= 11 is 0. The maximum atomic E-state index is 12.2. The number of aliphatic carboxylic acids is 1. The summed E-state index contributed by atoms with van der Waals surface area (Å²) in [6, 6.07) is 7.15. The highest BCUT2D eigenvalue weighted by Crippen LogP contribution is 2.19. The van der Waals surface area contributed by atoms with Crippen LogP contribution in [0.5, 0.6) is 0 Å². The second-order valence-electron chi connectivity index (χ2n) is 4.89. The van der Waals surface area contributed by atoms with Gasteiger partial charge >= 0.3 is 5.97 Å². The monoisotopic (exact) mass is 287 g/mol. The summed E-state index contributed by atoms with van der Waals surface area (Å²) in [6.45, 7) is 0.255. The molecule has 3 rings (SSSR count). The van der Waals surface area contributed by atoms with Crippen LogP contribution in [-0.4, -0.2) is 45.7 Å². The van der Waals surface area contributed by atoms with E-state index in [1.165, 1.54) is 6.20 Å². The summed E-state index contributed by atoms with van der Waals surface area (Å²) in [5, 5.41) is 11.8. The third-order valence-corrected chi connectivity index (χ3v) is 3.47. The first-order valence-corrected chi connectivity index (χ1v) is 6.46. The van der Waals surface area contributed by atoms with Gasteiger partial charge in [0.15, 0.2) is 5.54 Å². The molecular weight excluding hydrogens is 274 g/mol. The van der Waals surface area contributed by atoms with Gasteiger partial charge in [-0.2, -0.15) is 0 Å². The molecule has 0 aliphatic carbocycles. The van der Waals surface area contributed by atoms with Gasteiger partial charge in [-0.1, -0.05) is 12.1 Å². The van der Waals surface area contributed by atoms with Crippen LogP contribution in [0.25, 0.3) is 11.0 Å². The molecule has 1 atom stereocenters. The van der Waals surface area contributed by atoms with E-state index in [4.69, 9.17) is 4.74 Å². The fraction of sp³-hybridized carbons (Fsp3) is 0.286. The largest absolute Gasteiger partial charge is 0.479 e. The lowest BCUT2D eigenvalue weighted by Gasteiger charge is -2.23. The lowest BCUT2D eigenvalue weighted by Crippen LogP contribution is -2.55. The molecule has 0 spiro atoms. The Labute approximate surface area is 120 Å². The van der Waals surface area contributed by atoms with Gasteiger partial charge < -0.3 is 15.2 Å². The summed E-state index contributed by atoms with van der Waals surface area (Å²) in [7, 11) is 0. The highest BCUT2D eigenvalue weighted by molar-refractivity contribution is 5.97. The summed E-state index contributed by atoms with van der Waals surface area (Å²) in [5.41, 5.74) is -0.0469. The van der Waals surface area contributed by atoms with Crippen LogP contribution in [0.1, 0.15) is 16.9 Å². The Kier molecular flexibility index (Phi) is 3.26. The van der Waals surface area contributed by atoms with Crippen LogP contribution >= 0.6 is 0 Å². The molecule has 108 valence electrons. The Morgan fingerprint density at radius 1 is 1.29 bits per heavy atom. The van der Waals surface area contributed by atoms with Crippen LogP contribution in [0, 0.1) is 0 Å². The highest BCUT2D eigenvalue weighted by atomic mass is 16.5. The molecule has 1 saturated heterocycles. The summed E-state index contributed by atoms with van der Waals surface area (Å²) in [6.07, 6.45) is 1.57. The fourth-order valence-electron chi connectivity index (χ4n) is 2.23. The second-order valence-corrected chi connectivity index (χ2v) is 4.89. The lowest BCUT2D eigenvalue weighted by atomic mass is 9.99. The highest BCUT2D eigenvalue weighted by Gasteiger charge is 2.44. The molecule has 7 heteroatoms. The van der Waals surface area contributed by atoms with E-state index in [0.717, 1.165) is 0 Å². The number of ether oxygens (including phenoxy) is 1. The first-order chi connectivity index (χ1) is 10.1. The maximum Gasteiger partial charge on any atom is 0.331 e. The van der Waals surface area contributed by atoms with Crippen LogP contribution in [0.2, 0.25) is 0 Å². The molecule has 21 heavy (non-hydrogen) atoms. The van der Waals surface area contributed by atoms with Crippen LogP contribution < -0.4 is 5.32 Å². The third kappa shape index (κ3) is 2.43. The minimum absolute atomic E-state index is 0.0465. The molecule has 2 heterocycles. The van der Waals surface area contributed by atoms with Crippen molar-refractivity contribution in [1.82, 2.24) is 15.3 Å². The predicted molar refractivity (Wildman–Crippen MR) is 72.8 cm³/mol. The lowest BCUT2D eigenvalue weighted by molar-refractivity contribution is -0.144. The van der Waals surface area contributed by atoms with Crippen LogP contribution in [0.4, 0.5) is 0 Å². The fourth-order valence-corrected chi connectivity index (χ4v) is 2.23. The number of hydrogen-bond donors (Lipinski definition) is 2. The van der Waals surface area contributed by atoms with E-state index in [1.807, 2.05) is 6.07 Å². The first-order valence-electron chi connectivity index (χ1n) is 6.46. The quantitative estimate of drug-likeness (QED) is 0.857. The maximum absolute atomic E-state index is 12.2. The van der Waals surface area contributed by atoms with E-state index in [-0.39, 0.29) is 18.7 Å². The van der Waals surface area contributed by atoms with Crippen molar-refractivity contribution in [2.75, 3.05) is 13.2 Å². The first kappa shape index (κ1) is 13.4. The Bertz CT molecular complexity index is 710. The molecule has 7 nitrogen and oxygen atoms in total. The van der Waals surface area contributed by atoms with Gasteiger partial charge in [-0.25, -0.2) is 9.78 Å². The number of carbonyl (C=O) groups excluding carboxylic acids is 1. The minimum Gasteiger partial charge on any atom is -0.479 e. The second kappa shape index (κ2) is 5.10. The summed E-state index contributed by atoms with van der Waals surface area (Å²) in [5.74, 6) is -1.68. The molecule has 1 aliphatic heterocycles. The van der Waals surface area contributed by atoms with Crippen LogP contribution in [-0.2, 0) is 9.53 Å². The van der Waals surface area contributed by atoms with E-state index in [2.05, 4.69) is 15.3 Å². The van der Waals surface area contributed by atoms with Gasteiger partial charge in [0.1, 0.15) is 5.69 Å². The van der Waals surface area contributed by atoms with E-state index >= 15 is 0 Å². The van der Waals surface area contributed by atoms with E-state index in [1.54, 1.807) is 18.2 Å². The van der Waals surface area contributed by atoms with Crippen molar-refractivity contribution in [3.05, 3.63) is 36.2 Å². The zero-order valence-corrected chi connectivity index (χ0v) is 11.1. The number of amides is 1. The van der Waals surface area contributed by atoms with Crippen LogP contribution in [0.15, 0.2) is 30.5 Å². The van der Waals surface area contributed by atoms with Crippen molar-refractivity contribution in [3.8, 4) is 0 Å². The molecular formula is C14H13N3O4. The molecule has 1 aliphatic rings. The van der Waals surface area contributed by atoms with Crippen molar-refractivity contribution in [2.24, 2.45) is 0 Å². The van der Waals surface area contributed by atoms with Gasteiger partial charge in [0.25, 0.3) is 5.91 Å². The molecule has 2 N–H and O–H groups in total. The van der Waals surface area contributed by atoms with Gasteiger partial charge in [0, 0.05) is 13.0 Å². The number of carbonyl (C=O) groups is 2. The van der Waals surface area contributed by atoms with Gasteiger partial charge in [0.2, 0.25) is 0 Å². The number of hydrogen-bond acceptors (Lipinski definition) is 5. The number of nitrogens with one attached hydrogen (secondary N) is 1. The minimum atomic E-state index is -1.38. The van der Waals surface area contributed by atoms with Gasteiger partial charge in [0.05, 0.1) is 23.8 Å². The van der Waals surface area contributed by atoms with E-state index < -0.39 is 17.4 Å². The normalized spacial score (nSPS) is 21.3. The average Bonchev–Trinajstić information content (AvgIpc) is 2.96. The van der Waals surface area contributed by atoms with Gasteiger partial charge in [-0.05, 0) is 12.1 Å². The Morgan fingerprint density at radius 2 is 2.05 bits per heavy atom. The Hall–Kier alpha value is -2.54. The number of benzene rings is 1. The number of carboxylic acid groups (broad SMARTS) is 1. The predicted octanol–water partition coefficient (Wildman–Crippen LogP) is 0.603. The number of carboxylic acids is 1. The van der Waals surface area contributed by atoms with Crippen molar-refractivity contribution >= 4 is 22.9 Å². The Balaban J connectivity index is 1.88. The molecule has 1 aromatic carbocycles. The number of rotatable bonds is 3. The molecule has 1 aromatic heterocycles. The standard InChI is InChI=1S/C14H13N3O4/c18-12(17-14(13(19)20)5-6-21-8-14)11-7-15-9-3-1-2-4-10(9)16-11/h1-4,7H,5-6,8H2,(H,17,18)(H,19,20). The van der Waals surface area contributed by atoms with Crippen LogP contribution in [0.3, 0.4) is 0 Å². The number of nitrogens with zero attached hydrogens (tertiary/aromatic N) is 2. The third-order valence-electron chi connectivity index (χ3n) is 3.47. The van der Waals surface area contributed by atoms with Crippen molar-refractivity contribution in [1.29, 1.82) is 0 Å². The molecule has 1 amide bonds. The molecule has 2 aromatic rings. The summed E-state index contributed by atoms with van der Waals surface area (Å²) in [4.78, 5) is 31.9. The van der Waals surface area contributed by atoms with E-state index in [0.29, 0.717) is 17.6 Å². The molecule has 1 unspecified atom stereocenters. The molecule has 0 saturated carbocycles. The summed E-state index contributed by atoms with van der Waals surface area (Å²) < 4.78 is 5.10. The van der Waals surface area contributed by atoms with Crippen molar-refractivity contribution in [3.63, 3.8) is 0 Å². The topological polar surface area (TPSA) is 101 Å². The smallest absolute Gasteiger partial charge is 0.331 e. The number of aromatic nitrogens is 2. The molecule has 1 fully saturated rings. The van der Waals surface area contributed by atoms with Gasteiger partial charge in [-0.15, -0.1) is 0 Å². The number of fused-ring (bicyclic) bond motifs is 1. The van der Waals surface area contributed by atoms with E-state index in [9.17, 15) is 14.7 Å². The average molecular weight is 287 g/mol. The molecule has 0 radical (unpaired) electrons. The SMILES string of the molecule is O=C(NC1(C(=O)O)CCOC1)c1cnc2ccccc2n1. The molecule has 0 bridgehead atoms.